The Morgan fingerprint density at radius 2 is 1.89 bits per heavy atom. The number of para-hydroxylation sites is 2. The Hall–Kier alpha value is -1.88. The molecule has 0 aliphatic carbocycles. The first-order valence-corrected chi connectivity index (χ1v) is 5.87. The molecule has 0 aliphatic rings. The number of hydrogen-bond donors (Lipinski definition) is 1. The van der Waals surface area contributed by atoms with Crippen molar-refractivity contribution in [2.45, 2.75) is 13.0 Å². The first kappa shape index (κ1) is 12.6. The number of nitrogens with zero attached hydrogens (tertiary/aromatic N) is 3. The van der Waals surface area contributed by atoms with Crippen LogP contribution in [0, 0.1) is 0 Å². The molecule has 1 unspecified atom stereocenters. The highest BCUT2D eigenvalue weighted by atomic mass is 16.5. The van der Waals surface area contributed by atoms with Gasteiger partial charge < -0.3 is 15.4 Å². The van der Waals surface area contributed by atoms with E-state index in [0.29, 0.717) is 18.2 Å². The fourth-order valence-electron chi connectivity index (χ4n) is 1.83. The molecule has 2 rings (SSSR count). The lowest BCUT2D eigenvalue weighted by Gasteiger charge is -2.26. The lowest BCUT2D eigenvalue weighted by molar-refractivity contribution is 0.183. The van der Waals surface area contributed by atoms with Gasteiger partial charge >= 0.3 is 0 Å². The van der Waals surface area contributed by atoms with E-state index in [-0.39, 0.29) is 6.04 Å². The molecular formula is C13H18N4O. The number of fused-ring (bicyclic) bond motifs is 1. The van der Waals surface area contributed by atoms with Crippen LogP contribution in [0.5, 0.6) is 0 Å². The highest BCUT2D eigenvalue weighted by Crippen LogP contribution is 2.22. The van der Waals surface area contributed by atoms with E-state index in [9.17, 15) is 0 Å². The Morgan fingerprint density at radius 1 is 1.28 bits per heavy atom. The zero-order chi connectivity index (χ0) is 13.1. The van der Waals surface area contributed by atoms with Crippen molar-refractivity contribution in [2.24, 2.45) is 0 Å². The molecule has 1 atom stereocenters. The summed E-state index contributed by atoms with van der Waals surface area (Å²) in [6.45, 7) is 2.67. The molecule has 1 heterocycles. The van der Waals surface area contributed by atoms with Gasteiger partial charge in [-0.1, -0.05) is 12.1 Å². The van der Waals surface area contributed by atoms with Crippen molar-refractivity contribution < 1.29 is 4.74 Å². The maximum atomic E-state index is 5.97. The average molecular weight is 246 g/mol. The molecule has 1 aromatic carbocycles. The fraction of sp³-hybridized carbons (Fsp3) is 0.385. The summed E-state index contributed by atoms with van der Waals surface area (Å²) in [5.41, 5.74) is 7.62. The number of rotatable bonds is 4. The van der Waals surface area contributed by atoms with Gasteiger partial charge in [0.05, 0.1) is 23.7 Å². The van der Waals surface area contributed by atoms with Crippen LogP contribution in [-0.2, 0) is 4.74 Å². The normalized spacial score (nSPS) is 12.6. The standard InChI is InChI=1S/C13H18N4O/c1-9(8-18-3)17(2)13-12(14)15-10-6-4-5-7-11(10)16-13/h4-7,9H,8H2,1-3H3,(H2,14,15). The van der Waals surface area contributed by atoms with E-state index in [1.54, 1.807) is 7.11 Å². The SMILES string of the molecule is COCC(C)N(C)c1nc2ccccc2nc1N. The lowest BCUT2D eigenvalue weighted by atomic mass is 10.3. The summed E-state index contributed by atoms with van der Waals surface area (Å²) in [7, 11) is 3.62. The lowest BCUT2D eigenvalue weighted by Crippen LogP contribution is -2.34. The van der Waals surface area contributed by atoms with Crippen LogP contribution < -0.4 is 10.6 Å². The van der Waals surface area contributed by atoms with Crippen LogP contribution in [0.25, 0.3) is 11.0 Å². The third-order valence-corrected chi connectivity index (χ3v) is 2.98. The molecule has 0 bridgehead atoms. The number of aromatic nitrogens is 2. The maximum Gasteiger partial charge on any atom is 0.172 e. The molecule has 0 spiro atoms. The van der Waals surface area contributed by atoms with Crippen molar-refractivity contribution in [3.05, 3.63) is 24.3 Å². The molecular weight excluding hydrogens is 228 g/mol. The monoisotopic (exact) mass is 246 g/mol. The molecule has 18 heavy (non-hydrogen) atoms. The molecule has 0 radical (unpaired) electrons. The van der Waals surface area contributed by atoms with Crippen LogP contribution in [-0.4, -0.2) is 36.8 Å². The van der Waals surface area contributed by atoms with Crippen LogP contribution in [0.4, 0.5) is 11.6 Å². The Morgan fingerprint density at radius 3 is 2.50 bits per heavy atom. The smallest absolute Gasteiger partial charge is 0.172 e. The largest absolute Gasteiger partial charge is 0.383 e. The summed E-state index contributed by atoms with van der Waals surface area (Å²) >= 11 is 0. The van der Waals surface area contributed by atoms with E-state index in [2.05, 4.69) is 16.9 Å². The molecule has 0 amide bonds. The summed E-state index contributed by atoms with van der Waals surface area (Å²) in [6, 6.07) is 7.89. The number of hydrogen-bond acceptors (Lipinski definition) is 5. The van der Waals surface area contributed by atoms with E-state index in [1.807, 2.05) is 36.2 Å². The van der Waals surface area contributed by atoms with E-state index < -0.39 is 0 Å². The van der Waals surface area contributed by atoms with Gasteiger partial charge in [-0.25, -0.2) is 9.97 Å². The number of benzene rings is 1. The van der Waals surface area contributed by atoms with Gasteiger partial charge in [0.25, 0.3) is 0 Å². The van der Waals surface area contributed by atoms with Crippen molar-refractivity contribution in [3.63, 3.8) is 0 Å². The van der Waals surface area contributed by atoms with Gasteiger partial charge in [0, 0.05) is 14.2 Å². The zero-order valence-corrected chi connectivity index (χ0v) is 10.9. The number of nitrogen functional groups attached to an aromatic ring is 1. The Balaban J connectivity index is 2.41. The highest BCUT2D eigenvalue weighted by Gasteiger charge is 2.15. The minimum absolute atomic E-state index is 0.188. The van der Waals surface area contributed by atoms with E-state index in [4.69, 9.17) is 10.5 Å². The van der Waals surface area contributed by atoms with Gasteiger partial charge in [0.2, 0.25) is 0 Å². The van der Waals surface area contributed by atoms with Gasteiger partial charge in [-0.2, -0.15) is 0 Å². The molecule has 5 heteroatoms. The van der Waals surface area contributed by atoms with Gasteiger partial charge in [-0.3, -0.25) is 0 Å². The van der Waals surface area contributed by atoms with Gasteiger partial charge in [0.15, 0.2) is 11.6 Å². The number of ether oxygens (including phenoxy) is 1. The van der Waals surface area contributed by atoms with E-state index in [1.165, 1.54) is 0 Å². The molecule has 0 saturated heterocycles. The van der Waals surface area contributed by atoms with Crippen LogP contribution in [0.15, 0.2) is 24.3 Å². The molecule has 1 aromatic heterocycles. The van der Waals surface area contributed by atoms with Crippen LogP contribution >= 0.6 is 0 Å². The number of anilines is 2. The van der Waals surface area contributed by atoms with E-state index >= 15 is 0 Å². The number of nitrogens with two attached hydrogens (primary N) is 1. The third kappa shape index (κ3) is 2.36. The predicted octanol–water partition coefficient (Wildman–Crippen LogP) is 1.68. The van der Waals surface area contributed by atoms with Crippen LogP contribution in [0.1, 0.15) is 6.92 Å². The Labute approximate surface area is 107 Å². The Kier molecular flexibility index (Phi) is 3.62. The summed E-state index contributed by atoms with van der Waals surface area (Å²) in [4.78, 5) is 10.9. The molecule has 96 valence electrons. The summed E-state index contributed by atoms with van der Waals surface area (Å²) in [5.74, 6) is 1.14. The fourth-order valence-corrected chi connectivity index (χ4v) is 1.83. The van der Waals surface area contributed by atoms with Gasteiger partial charge in [0.1, 0.15) is 0 Å². The molecule has 0 fully saturated rings. The molecule has 5 nitrogen and oxygen atoms in total. The van der Waals surface area contributed by atoms with Crippen molar-refractivity contribution in [1.29, 1.82) is 0 Å². The zero-order valence-electron chi connectivity index (χ0n) is 10.9. The number of methoxy groups -OCH3 is 1. The first-order chi connectivity index (χ1) is 8.63. The summed E-state index contributed by atoms with van der Waals surface area (Å²) < 4.78 is 5.14. The summed E-state index contributed by atoms with van der Waals surface area (Å²) in [6.07, 6.45) is 0. The van der Waals surface area contributed by atoms with Crippen molar-refractivity contribution in [1.82, 2.24) is 9.97 Å². The first-order valence-electron chi connectivity index (χ1n) is 5.87. The number of likely N-dealkylation sites (N-methyl/N-ethyl adjacent to an activating group) is 1. The quantitative estimate of drug-likeness (QED) is 0.889. The average Bonchev–Trinajstić information content (AvgIpc) is 2.37. The minimum Gasteiger partial charge on any atom is -0.383 e. The molecule has 0 aliphatic heterocycles. The molecule has 2 aromatic rings. The van der Waals surface area contributed by atoms with Gasteiger partial charge in [-0.05, 0) is 19.1 Å². The minimum atomic E-state index is 0.188. The maximum absolute atomic E-state index is 5.97. The second-order valence-corrected chi connectivity index (χ2v) is 4.34. The highest BCUT2D eigenvalue weighted by molar-refractivity contribution is 5.79. The second-order valence-electron chi connectivity index (χ2n) is 4.34. The molecule has 0 saturated carbocycles. The van der Waals surface area contributed by atoms with Gasteiger partial charge in [-0.15, -0.1) is 0 Å². The van der Waals surface area contributed by atoms with Crippen molar-refractivity contribution in [2.75, 3.05) is 31.4 Å². The van der Waals surface area contributed by atoms with Crippen molar-refractivity contribution in [3.8, 4) is 0 Å². The van der Waals surface area contributed by atoms with Crippen LogP contribution in [0.2, 0.25) is 0 Å². The van der Waals surface area contributed by atoms with E-state index in [0.717, 1.165) is 11.0 Å². The van der Waals surface area contributed by atoms with Crippen LogP contribution in [0.3, 0.4) is 0 Å². The third-order valence-electron chi connectivity index (χ3n) is 2.98. The van der Waals surface area contributed by atoms with Crippen molar-refractivity contribution >= 4 is 22.7 Å². The predicted molar refractivity (Wildman–Crippen MR) is 73.7 cm³/mol. The topological polar surface area (TPSA) is 64.3 Å². The molecule has 2 N–H and O–H groups in total. The second kappa shape index (κ2) is 5.18. The Bertz CT molecular complexity index is 544. The summed E-state index contributed by atoms with van der Waals surface area (Å²) in [5, 5.41) is 0.